The number of carboxylic acids is 4. The Morgan fingerprint density at radius 3 is 1.10 bits per heavy atom. The normalized spacial score (nSPS) is 16.7. The summed E-state index contributed by atoms with van der Waals surface area (Å²) in [4.78, 5) is 43.4. The van der Waals surface area contributed by atoms with Crippen molar-refractivity contribution in [1.29, 1.82) is 0 Å². The molecule has 0 aliphatic carbocycles. The van der Waals surface area contributed by atoms with Gasteiger partial charge in [-0.1, -0.05) is 0 Å². The predicted octanol–water partition coefficient (Wildman–Crippen LogP) is -1.72. The van der Waals surface area contributed by atoms with Crippen LogP contribution in [0, 0.1) is 0 Å². The first-order valence-electron chi connectivity index (χ1n) is 5.45. The third-order valence-corrected chi connectivity index (χ3v) is 3.03. The van der Waals surface area contributed by atoms with E-state index in [9.17, 15) is 19.2 Å². The lowest BCUT2D eigenvalue weighted by molar-refractivity contribution is -0.159. The molecule has 0 saturated heterocycles. The van der Waals surface area contributed by atoms with Gasteiger partial charge in [-0.15, -0.1) is 0 Å². The number of hydrogen-bond acceptors (Lipinski definition) is 6. The molecule has 0 rings (SSSR count). The molecule has 2 unspecified atom stereocenters. The third kappa shape index (κ3) is 3.65. The lowest BCUT2D eigenvalue weighted by Crippen LogP contribution is -2.73. The molecule has 0 fully saturated rings. The van der Waals surface area contributed by atoms with Gasteiger partial charge in [0.1, 0.15) is 11.1 Å². The van der Waals surface area contributed by atoms with Crippen molar-refractivity contribution in [3.05, 3.63) is 0 Å². The average Bonchev–Trinajstić information content (AvgIpc) is 2.31. The lowest BCUT2D eigenvalue weighted by atomic mass is 9.72. The van der Waals surface area contributed by atoms with Crippen LogP contribution in [0.15, 0.2) is 0 Å². The zero-order valence-corrected chi connectivity index (χ0v) is 10.4. The molecular formula is C10H16N2O8. The molecule has 114 valence electrons. The van der Waals surface area contributed by atoms with E-state index in [-0.39, 0.29) is 0 Å². The molecular weight excluding hydrogens is 276 g/mol. The van der Waals surface area contributed by atoms with Crippen molar-refractivity contribution in [3.8, 4) is 0 Å². The van der Waals surface area contributed by atoms with Crippen molar-refractivity contribution >= 4 is 23.9 Å². The van der Waals surface area contributed by atoms with Gasteiger partial charge in [-0.3, -0.25) is 19.2 Å². The second kappa shape index (κ2) is 6.30. The highest BCUT2D eigenvalue weighted by Gasteiger charge is 2.57. The van der Waals surface area contributed by atoms with E-state index in [0.717, 1.165) is 0 Å². The SMILES string of the molecule is NC(CCC(=O)O)(C(=O)O)C(N)(CCC(=O)O)C(=O)O. The number of carbonyl (C=O) groups is 4. The van der Waals surface area contributed by atoms with Gasteiger partial charge in [0.25, 0.3) is 0 Å². The molecule has 0 bridgehead atoms. The molecule has 8 N–H and O–H groups in total. The van der Waals surface area contributed by atoms with Crippen LogP contribution in [0.4, 0.5) is 0 Å². The number of nitrogens with two attached hydrogens (primary N) is 2. The van der Waals surface area contributed by atoms with Gasteiger partial charge < -0.3 is 31.9 Å². The minimum atomic E-state index is -2.60. The van der Waals surface area contributed by atoms with Crippen LogP contribution in [0.3, 0.4) is 0 Å². The van der Waals surface area contributed by atoms with Crippen LogP contribution in [-0.4, -0.2) is 55.4 Å². The predicted molar refractivity (Wildman–Crippen MR) is 62.8 cm³/mol. The Hall–Kier alpha value is -2.20. The highest BCUT2D eigenvalue weighted by molar-refractivity contribution is 5.93. The van der Waals surface area contributed by atoms with Crippen LogP contribution in [0.5, 0.6) is 0 Å². The van der Waals surface area contributed by atoms with E-state index in [1.54, 1.807) is 0 Å². The number of hydrogen-bond donors (Lipinski definition) is 6. The Balaban J connectivity index is 5.53. The van der Waals surface area contributed by atoms with Gasteiger partial charge in [0.15, 0.2) is 0 Å². The maximum Gasteiger partial charge on any atom is 0.326 e. The Morgan fingerprint density at radius 1 is 0.700 bits per heavy atom. The molecule has 0 aromatic heterocycles. The number of rotatable bonds is 9. The first-order chi connectivity index (χ1) is 8.97. The van der Waals surface area contributed by atoms with Crippen LogP contribution >= 0.6 is 0 Å². The molecule has 20 heavy (non-hydrogen) atoms. The molecule has 0 saturated carbocycles. The van der Waals surface area contributed by atoms with Gasteiger partial charge in [-0.2, -0.15) is 0 Å². The molecule has 0 aliphatic heterocycles. The fourth-order valence-electron chi connectivity index (χ4n) is 1.65. The summed E-state index contributed by atoms with van der Waals surface area (Å²) in [6.45, 7) is 0. The summed E-state index contributed by atoms with van der Waals surface area (Å²) in [5, 5.41) is 35.3. The molecule has 2 atom stereocenters. The van der Waals surface area contributed by atoms with Crippen molar-refractivity contribution in [1.82, 2.24) is 0 Å². The fraction of sp³-hybridized carbons (Fsp3) is 0.600. The summed E-state index contributed by atoms with van der Waals surface area (Å²) in [5.74, 6) is -6.39. The molecule has 0 spiro atoms. The monoisotopic (exact) mass is 292 g/mol. The Labute approximate surface area is 113 Å². The van der Waals surface area contributed by atoms with E-state index in [4.69, 9.17) is 31.9 Å². The maximum absolute atomic E-state index is 11.2. The molecule has 0 aromatic rings. The average molecular weight is 292 g/mol. The van der Waals surface area contributed by atoms with Gasteiger partial charge in [-0.05, 0) is 12.8 Å². The van der Waals surface area contributed by atoms with Crippen LogP contribution in [-0.2, 0) is 19.2 Å². The molecule has 0 aromatic carbocycles. The van der Waals surface area contributed by atoms with Gasteiger partial charge in [0.2, 0.25) is 0 Å². The largest absolute Gasteiger partial charge is 0.481 e. The van der Waals surface area contributed by atoms with Crippen molar-refractivity contribution in [3.63, 3.8) is 0 Å². The first-order valence-corrected chi connectivity index (χ1v) is 5.45. The first kappa shape index (κ1) is 17.8. The fourth-order valence-corrected chi connectivity index (χ4v) is 1.65. The topological polar surface area (TPSA) is 201 Å². The second-order valence-electron chi connectivity index (χ2n) is 4.34. The van der Waals surface area contributed by atoms with Gasteiger partial charge in [-0.25, -0.2) is 0 Å². The number of aliphatic carboxylic acids is 4. The van der Waals surface area contributed by atoms with E-state index in [0.29, 0.717) is 0 Å². The van der Waals surface area contributed by atoms with Crippen molar-refractivity contribution < 1.29 is 39.6 Å². The van der Waals surface area contributed by atoms with Gasteiger partial charge in [0.05, 0.1) is 0 Å². The highest BCUT2D eigenvalue weighted by atomic mass is 16.4. The van der Waals surface area contributed by atoms with E-state index in [2.05, 4.69) is 0 Å². The van der Waals surface area contributed by atoms with Crippen LogP contribution in [0.2, 0.25) is 0 Å². The molecule has 10 nitrogen and oxygen atoms in total. The van der Waals surface area contributed by atoms with Gasteiger partial charge >= 0.3 is 23.9 Å². The second-order valence-corrected chi connectivity index (χ2v) is 4.34. The zero-order valence-electron chi connectivity index (χ0n) is 10.4. The van der Waals surface area contributed by atoms with E-state index in [1.165, 1.54) is 0 Å². The standard InChI is InChI=1S/C10H16N2O8/c11-9(7(17)18,3-1-5(13)14)10(12,8(19)20)4-2-6(15)16/h1-4,11-12H2,(H,13,14)(H,15,16)(H,17,18)(H,19,20). The Bertz CT molecular complexity index is 397. The lowest BCUT2D eigenvalue weighted by Gasteiger charge is -2.39. The minimum Gasteiger partial charge on any atom is -0.481 e. The number of carboxylic acid groups (broad SMARTS) is 4. The van der Waals surface area contributed by atoms with Crippen molar-refractivity contribution in [2.75, 3.05) is 0 Å². The summed E-state index contributed by atoms with van der Waals surface area (Å²) in [7, 11) is 0. The van der Waals surface area contributed by atoms with Crippen LogP contribution in [0.25, 0.3) is 0 Å². The molecule has 0 radical (unpaired) electrons. The van der Waals surface area contributed by atoms with Crippen molar-refractivity contribution in [2.24, 2.45) is 11.5 Å². The van der Waals surface area contributed by atoms with E-state index >= 15 is 0 Å². The smallest absolute Gasteiger partial charge is 0.326 e. The quantitative estimate of drug-likeness (QED) is 0.283. The summed E-state index contributed by atoms with van der Waals surface area (Å²) >= 11 is 0. The summed E-state index contributed by atoms with van der Waals surface area (Å²) in [6.07, 6.45) is -2.94. The zero-order chi connectivity index (χ0) is 16.1. The molecule has 0 amide bonds. The van der Waals surface area contributed by atoms with Crippen LogP contribution in [0.1, 0.15) is 25.7 Å². The Kier molecular flexibility index (Phi) is 5.61. The Morgan fingerprint density at radius 2 is 0.950 bits per heavy atom. The third-order valence-electron chi connectivity index (χ3n) is 3.03. The van der Waals surface area contributed by atoms with E-state index < -0.39 is 60.6 Å². The molecule has 0 heterocycles. The van der Waals surface area contributed by atoms with E-state index in [1.807, 2.05) is 0 Å². The molecule has 0 aliphatic rings. The summed E-state index contributed by atoms with van der Waals surface area (Å²) < 4.78 is 0. The molecule has 10 heteroatoms. The van der Waals surface area contributed by atoms with Gasteiger partial charge in [0, 0.05) is 12.8 Å². The van der Waals surface area contributed by atoms with Crippen molar-refractivity contribution in [2.45, 2.75) is 36.8 Å². The highest BCUT2D eigenvalue weighted by Crippen LogP contribution is 2.28. The summed E-state index contributed by atoms with van der Waals surface area (Å²) in [6, 6.07) is 0. The van der Waals surface area contributed by atoms with Crippen LogP contribution < -0.4 is 11.5 Å². The minimum absolute atomic E-state index is 0.720. The summed E-state index contributed by atoms with van der Waals surface area (Å²) in [5.41, 5.74) is 5.78. The maximum atomic E-state index is 11.2.